The van der Waals surface area contributed by atoms with Crippen LogP contribution >= 0.6 is 0 Å². The van der Waals surface area contributed by atoms with Crippen LogP contribution in [0, 0.1) is 0 Å². The predicted molar refractivity (Wildman–Crippen MR) is 115 cm³/mol. The number of rotatable bonds is 3. The zero-order valence-electron chi connectivity index (χ0n) is 17.0. The molecule has 1 N–H and O–H groups in total. The monoisotopic (exact) mass is 404 g/mol. The van der Waals surface area contributed by atoms with Crippen molar-refractivity contribution in [3.63, 3.8) is 0 Å². The van der Waals surface area contributed by atoms with Crippen LogP contribution in [-0.4, -0.2) is 81.3 Å². The maximum Gasteiger partial charge on any atom is 0.228 e. The van der Waals surface area contributed by atoms with E-state index in [0.29, 0.717) is 19.3 Å². The van der Waals surface area contributed by atoms with E-state index in [1.807, 2.05) is 24.5 Å². The summed E-state index contributed by atoms with van der Waals surface area (Å²) in [5, 5.41) is 14.1. The Morgan fingerprint density at radius 3 is 2.80 bits per heavy atom. The summed E-state index contributed by atoms with van der Waals surface area (Å²) in [5.41, 5.74) is 3.86. The van der Waals surface area contributed by atoms with Crippen molar-refractivity contribution in [2.75, 3.05) is 51.3 Å². The fraction of sp³-hybridized carbons (Fsp3) is 0.429. The maximum atomic E-state index is 5.54. The first-order valence-electron chi connectivity index (χ1n) is 10.5. The van der Waals surface area contributed by atoms with E-state index in [0.717, 1.165) is 71.7 Å². The second-order valence-electron chi connectivity index (χ2n) is 8.14. The maximum absolute atomic E-state index is 5.54. The lowest BCUT2D eigenvalue weighted by Gasteiger charge is -2.27. The van der Waals surface area contributed by atoms with Crippen molar-refractivity contribution in [3.8, 4) is 11.3 Å². The predicted octanol–water partition coefficient (Wildman–Crippen LogP) is 2.08. The highest BCUT2D eigenvalue weighted by Crippen LogP contribution is 2.34. The first-order chi connectivity index (χ1) is 14.8. The van der Waals surface area contributed by atoms with Gasteiger partial charge in [-0.1, -0.05) is 12.1 Å². The number of morpholine rings is 1. The van der Waals surface area contributed by atoms with Gasteiger partial charge < -0.3 is 14.5 Å². The summed E-state index contributed by atoms with van der Waals surface area (Å²) >= 11 is 0. The normalized spacial score (nSPS) is 20.6. The average Bonchev–Trinajstić information content (AvgIpc) is 3.52. The van der Waals surface area contributed by atoms with Gasteiger partial charge in [-0.3, -0.25) is 5.10 Å². The molecule has 154 valence electrons. The Kier molecular flexibility index (Phi) is 4.17. The zero-order chi connectivity index (χ0) is 20.1. The Morgan fingerprint density at radius 1 is 1.07 bits per heavy atom. The number of nitrogens with one attached hydrogen (secondary N) is 1. The topological polar surface area (TPSA) is 88.0 Å². The van der Waals surface area contributed by atoms with Gasteiger partial charge in [-0.25, -0.2) is 9.67 Å². The second kappa shape index (κ2) is 7.03. The van der Waals surface area contributed by atoms with Crippen molar-refractivity contribution < 1.29 is 4.74 Å². The van der Waals surface area contributed by atoms with Crippen LogP contribution in [0.5, 0.6) is 0 Å². The van der Waals surface area contributed by atoms with E-state index in [-0.39, 0.29) is 0 Å². The molecule has 0 amide bonds. The lowest BCUT2D eigenvalue weighted by molar-refractivity contribution is 0.122. The van der Waals surface area contributed by atoms with Crippen LogP contribution in [0.4, 0.5) is 5.95 Å². The van der Waals surface area contributed by atoms with E-state index in [4.69, 9.17) is 19.8 Å². The van der Waals surface area contributed by atoms with Gasteiger partial charge in [0.25, 0.3) is 0 Å². The van der Waals surface area contributed by atoms with Gasteiger partial charge in [0.05, 0.1) is 48.2 Å². The summed E-state index contributed by atoms with van der Waals surface area (Å²) < 4.78 is 7.64. The third-order valence-electron chi connectivity index (χ3n) is 6.19. The number of hydrogen-bond donors (Lipinski definition) is 1. The van der Waals surface area contributed by atoms with Gasteiger partial charge in [-0.15, -0.1) is 0 Å². The molecule has 1 atom stereocenters. The number of H-pyrrole nitrogens is 1. The van der Waals surface area contributed by atoms with Crippen LogP contribution in [0.3, 0.4) is 0 Å². The van der Waals surface area contributed by atoms with Crippen LogP contribution in [0.15, 0.2) is 30.6 Å². The lowest BCUT2D eigenvalue weighted by Crippen LogP contribution is -2.37. The minimum atomic E-state index is 0.331. The SMILES string of the molecule is CN1CCC(n2ncc3c(-c4cccc5[nH]ncc45)nc(N4CCOCC4)nc32)C1. The molecule has 6 rings (SSSR count). The molecule has 0 radical (unpaired) electrons. The number of anilines is 1. The number of aromatic amines is 1. The van der Waals surface area contributed by atoms with Gasteiger partial charge >= 0.3 is 0 Å². The molecule has 0 spiro atoms. The Morgan fingerprint density at radius 2 is 1.97 bits per heavy atom. The number of likely N-dealkylation sites (tertiary alicyclic amines) is 1. The average molecular weight is 404 g/mol. The molecule has 1 aromatic carbocycles. The highest BCUT2D eigenvalue weighted by atomic mass is 16.5. The standard InChI is InChI=1S/C21H24N8O/c1-27-6-5-14(13-27)29-20-17(12-23-29)19(15-3-2-4-18-16(15)11-22-26-18)24-21(25-20)28-7-9-30-10-8-28/h2-4,11-12,14H,5-10,13H2,1H3,(H,22,26). The first-order valence-corrected chi connectivity index (χ1v) is 10.5. The molecule has 0 bridgehead atoms. The molecule has 2 aliphatic rings. The number of likely N-dealkylation sites (N-methyl/N-ethyl adjacent to an activating group) is 1. The van der Waals surface area contributed by atoms with Crippen molar-refractivity contribution in [2.45, 2.75) is 12.5 Å². The third kappa shape index (κ3) is 2.85. The smallest absolute Gasteiger partial charge is 0.228 e. The summed E-state index contributed by atoms with van der Waals surface area (Å²) in [4.78, 5) is 14.6. The van der Waals surface area contributed by atoms with E-state index in [1.54, 1.807) is 0 Å². The first kappa shape index (κ1) is 17.8. The van der Waals surface area contributed by atoms with Gasteiger partial charge in [0.15, 0.2) is 5.65 Å². The Balaban J connectivity index is 1.57. The molecular weight excluding hydrogens is 380 g/mol. The number of benzene rings is 1. The molecule has 3 aromatic heterocycles. The van der Waals surface area contributed by atoms with Crippen LogP contribution < -0.4 is 4.90 Å². The molecule has 30 heavy (non-hydrogen) atoms. The summed E-state index contributed by atoms with van der Waals surface area (Å²) in [7, 11) is 2.16. The van der Waals surface area contributed by atoms with Gasteiger partial charge in [-0.05, 0) is 19.5 Å². The van der Waals surface area contributed by atoms with Gasteiger partial charge in [0.2, 0.25) is 5.95 Å². The highest BCUT2D eigenvalue weighted by Gasteiger charge is 2.26. The minimum Gasteiger partial charge on any atom is -0.378 e. The van der Waals surface area contributed by atoms with Crippen LogP contribution in [0.1, 0.15) is 12.5 Å². The van der Waals surface area contributed by atoms with Crippen molar-refractivity contribution >= 4 is 27.9 Å². The number of fused-ring (bicyclic) bond motifs is 2. The molecule has 9 nitrogen and oxygen atoms in total. The number of nitrogens with zero attached hydrogens (tertiary/aromatic N) is 7. The fourth-order valence-corrected chi connectivity index (χ4v) is 4.58. The van der Waals surface area contributed by atoms with E-state index < -0.39 is 0 Å². The molecule has 4 aromatic rings. The Bertz CT molecular complexity index is 1210. The van der Waals surface area contributed by atoms with Crippen LogP contribution in [0.25, 0.3) is 33.2 Å². The highest BCUT2D eigenvalue weighted by molar-refractivity contribution is 6.01. The molecule has 2 saturated heterocycles. The largest absolute Gasteiger partial charge is 0.378 e. The quantitative estimate of drug-likeness (QED) is 0.559. The molecule has 2 aliphatic heterocycles. The zero-order valence-corrected chi connectivity index (χ0v) is 17.0. The fourth-order valence-electron chi connectivity index (χ4n) is 4.58. The molecular formula is C21H24N8O. The third-order valence-corrected chi connectivity index (χ3v) is 6.19. The number of hydrogen-bond acceptors (Lipinski definition) is 7. The van der Waals surface area contributed by atoms with Crippen molar-refractivity contribution in [1.29, 1.82) is 0 Å². The van der Waals surface area contributed by atoms with Crippen molar-refractivity contribution in [3.05, 3.63) is 30.6 Å². The van der Waals surface area contributed by atoms with Gasteiger partial charge in [-0.2, -0.15) is 15.2 Å². The molecule has 2 fully saturated rings. The van der Waals surface area contributed by atoms with Crippen LogP contribution in [-0.2, 0) is 4.74 Å². The Hall–Kier alpha value is -3.04. The summed E-state index contributed by atoms with van der Waals surface area (Å²) in [5.74, 6) is 0.745. The lowest BCUT2D eigenvalue weighted by atomic mass is 10.1. The molecule has 0 saturated carbocycles. The second-order valence-corrected chi connectivity index (χ2v) is 8.14. The van der Waals surface area contributed by atoms with Gasteiger partial charge in [0, 0.05) is 37.1 Å². The van der Waals surface area contributed by atoms with Crippen molar-refractivity contribution in [2.24, 2.45) is 0 Å². The van der Waals surface area contributed by atoms with Crippen LogP contribution in [0.2, 0.25) is 0 Å². The summed E-state index contributed by atoms with van der Waals surface area (Å²) in [6.45, 7) is 5.04. The van der Waals surface area contributed by atoms with E-state index in [1.165, 1.54) is 0 Å². The van der Waals surface area contributed by atoms with E-state index >= 15 is 0 Å². The number of aromatic nitrogens is 6. The van der Waals surface area contributed by atoms with E-state index in [9.17, 15) is 0 Å². The molecule has 5 heterocycles. The summed E-state index contributed by atoms with van der Waals surface area (Å²) in [6, 6.07) is 6.50. The molecule has 1 unspecified atom stereocenters. The summed E-state index contributed by atoms with van der Waals surface area (Å²) in [6.07, 6.45) is 4.87. The van der Waals surface area contributed by atoms with Gasteiger partial charge in [0.1, 0.15) is 0 Å². The molecule has 9 heteroatoms. The van der Waals surface area contributed by atoms with E-state index in [2.05, 4.69) is 37.8 Å². The minimum absolute atomic E-state index is 0.331. The Labute approximate surface area is 173 Å². The number of ether oxygens (including phenoxy) is 1. The molecule has 0 aliphatic carbocycles. The van der Waals surface area contributed by atoms with Crippen molar-refractivity contribution in [1.82, 2.24) is 34.8 Å².